The Hall–Kier alpha value is -2.36. The molecule has 0 aliphatic rings. The summed E-state index contributed by atoms with van der Waals surface area (Å²) < 4.78 is 0. The fraction of sp³-hybridized carbons (Fsp3) is 0.200. The number of rotatable bonds is 3. The second-order valence-electron chi connectivity index (χ2n) is 4.81. The van der Waals surface area contributed by atoms with Gasteiger partial charge in [0.05, 0.1) is 5.54 Å². The average molecular weight is 255 g/mol. The van der Waals surface area contributed by atoms with Gasteiger partial charge in [-0.25, -0.2) is 4.79 Å². The second-order valence-corrected chi connectivity index (χ2v) is 4.81. The van der Waals surface area contributed by atoms with E-state index in [1.807, 2.05) is 56.3 Å². The predicted molar refractivity (Wildman–Crippen MR) is 75.9 cm³/mol. The molecule has 0 atom stereocenters. The minimum atomic E-state index is -0.479. The van der Waals surface area contributed by atoms with Crippen LogP contribution in [0.15, 0.2) is 54.9 Å². The molecule has 0 bridgehead atoms. The number of hydrogen-bond donors (Lipinski definition) is 2. The maximum absolute atomic E-state index is 12.0. The molecule has 0 aliphatic heterocycles. The van der Waals surface area contributed by atoms with Gasteiger partial charge in [-0.05, 0) is 37.6 Å². The minimum absolute atomic E-state index is 0.236. The van der Waals surface area contributed by atoms with Crippen molar-refractivity contribution in [3.05, 3.63) is 60.4 Å². The zero-order valence-electron chi connectivity index (χ0n) is 11.1. The van der Waals surface area contributed by atoms with Crippen LogP contribution in [0.1, 0.15) is 19.4 Å². The zero-order chi connectivity index (χ0) is 13.7. The van der Waals surface area contributed by atoms with Gasteiger partial charge in [-0.1, -0.05) is 24.3 Å². The standard InChI is InChI=1S/C15H17N3O/c1-15(2,12-7-6-10-16-11-12)18-14(19)17-13-8-4-3-5-9-13/h3-11H,1-2H3,(H2,17,18,19). The molecule has 0 fully saturated rings. The van der Waals surface area contributed by atoms with Crippen molar-refractivity contribution in [2.75, 3.05) is 5.32 Å². The summed E-state index contributed by atoms with van der Waals surface area (Å²) in [4.78, 5) is 16.0. The van der Waals surface area contributed by atoms with Gasteiger partial charge in [0.2, 0.25) is 0 Å². The number of amides is 2. The van der Waals surface area contributed by atoms with E-state index in [0.29, 0.717) is 0 Å². The lowest BCUT2D eigenvalue weighted by Crippen LogP contribution is -2.43. The van der Waals surface area contributed by atoms with E-state index in [1.54, 1.807) is 12.4 Å². The number of carbonyl (C=O) groups excluding carboxylic acids is 1. The van der Waals surface area contributed by atoms with Crippen molar-refractivity contribution in [3.63, 3.8) is 0 Å². The molecule has 0 saturated carbocycles. The number of para-hydroxylation sites is 1. The third-order valence-corrected chi connectivity index (χ3v) is 2.84. The van der Waals surface area contributed by atoms with Gasteiger partial charge in [0, 0.05) is 18.1 Å². The number of hydrogen-bond acceptors (Lipinski definition) is 2. The van der Waals surface area contributed by atoms with Gasteiger partial charge in [-0.2, -0.15) is 0 Å². The highest BCUT2D eigenvalue weighted by Gasteiger charge is 2.22. The van der Waals surface area contributed by atoms with E-state index in [4.69, 9.17) is 0 Å². The van der Waals surface area contributed by atoms with Crippen LogP contribution in [0.3, 0.4) is 0 Å². The van der Waals surface area contributed by atoms with Crippen molar-refractivity contribution < 1.29 is 4.79 Å². The molecule has 0 saturated heterocycles. The van der Waals surface area contributed by atoms with Gasteiger partial charge in [-0.15, -0.1) is 0 Å². The van der Waals surface area contributed by atoms with Crippen molar-refractivity contribution in [2.24, 2.45) is 0 Å². The van der Waals surface area contributed by atoms with E-state index in [0.717, 1.165) is 11.3 Å². The van der Waals surface area contributed by atoms with E-state index in [-0.39, 0.29) is 6.03 Å². The summed E-state index contributed by atoms with van der Waals surface area (Å²) in [5.74, 6) is 0. The number of pyridine rings is 1. The molecule has 0 radical (unpaired) electrons. The number of urea groups is 1. The summed E-state index contributed by atoms with van der Waals surface area (Å²) in [5, 5.41) is 5.73. The fourth-order valence-corrected chi connectivity index (χ4v) is 1.77. The first-order valence-corrected chi connectivity index (χ1v) is 6.13. The lowest BCUT2D eigenvalue weighted by Gasteiger charge is -2.26. The quantitative estimate of drug-likeness (QED) is 0.885. The molecule has 2 amide bonds. The molecule has 0 aliphatic carbocycles. The number of anilines is 1. The molecule has 2 N–H and O–H groups in total. The Kier molecular flexibility index (Phi) is 3.80. The first kappa shape index (κ1) is 13.1. The van der Waals surface area contributed by atoms with Crippen molar-refractivity contribution in [3.8, 4) is 0 Å². The van der Waals surface area contributed by atoms with Crippen LogP contribution in [0.5, 0.6) is 0 Å². The molecule has 1 aromatic heterocycles. The molecular weight excluding hydrogens is 238 g/mol. The maximum Gasteiger partial charge on any atom is 0.319 e. The normalized spacial score (nSPS) is 10.8. The third-order valence-electron chi connectivity index (χ3n) is 2.84. The van der Waals surface area contributed by atoms with Crippen LogP contribution in [0.25, 0.3) is 0 Å². The van der Waals surface area contributed by atoms with E-state index in [2.05, 4.69) is 15.6 Å². The van der Waals surface area contributed by atoms with Gasteiger partial charge in [0.15, 0.2) is 0 Å². The Balaban J connectivity index is 2.02. The lowest BCUT2D eigenvalue weighted by molar-refractivity contribution is 0.242. The Morgan fingerprint density at radius 3 is 2.47 bits per heavy atom. The average Bonchev–Trinajstić information content (AvgIpc) is 2.40. The molecule has 98 valence electrons. The van der Waals surface area contributed by atoms with Crippen molar-refractivity contribution >= 4 is 11.7 Å². The first-order chi connectivity index (χ1) is 9.08. The number of nitrogens with zero attached hydrogens (tertiary/aromatic N) is 1. The molecule has 0 unspecified atom stereocenters. The summed E-state index contributed by atoms with van der Waals surface area (Å²) in [6.45, 7) is 3.88. The summed E-state index contributed by atoms with van der Waals surface area (Å²) in [6, 6.07) is 12.9. The smallest absolute Gasteiger partial charge is 0.319 e. The van der Waals surface area contributed by atoms with Crippen LogP contribution in [-0.4, -0.2) is 11.0 Å². The maximum atomic E-state index is 12.0. The van der Waals surface area contributed by atoms with Crippen molar-refractivity contribution in [1.82, 2.24) is 10.3 Å². The molecule has 1 heterocycles. The Bertz CT molecular complexity index is 538. The summed E-state index contributed by atoms with van der Waals surface area (Å²) in [6.07, 6.45) is 3.46. The second kappa shape index (κ2) is 5.52. The Labute approximate surface area is 112 Å². The van der Waals surface area contributed by atoms with E-state index in [9.17, 15) is 4.79 Å². The van der Waals surface area contributed by atoms with E-state index < -0.39 is 5.54 Å². The number of nitrogens with one attached hydrogen (secondary N) is 2. The van der Waals surface area contributed by atoms with Gasteiger partial charge < -0.3 is 10.6 Å². The van der Waals surface area contributed by atoms with Gasteiger partial charge in [0.1, 0.15) is 0 Å². The molecule has 2 rings (SSSR count). The number of aromatic nitrogens is 1. The Morgan fingerprint density at radius 1 is 1.11 bits per heavy atom. The fourth-order valence-electron chi connectivity index (χ4n) is 1.77. The topological polar surface area (TPSA) is 54.0 Å². The molecule has 4 heteroatoms. The third kappa shape index (κ3) is 3.55. The van der Waals surface area contributed by atoms with E-state index >= 15 is 0 Å². The summed E-state index contributed by atoms with van der Waals surface area (Å²) >= 11 is 0. The first-order valence-electron chi connectivity index (χ1n) is 6.13. The predicted octanol–water partition coefficient (Wildman–Crippen LogP) is 3.14. The highest BCUT2D eigenvalue weighted by molar-refractivity contribution is 5.89. The van der Waals surface area contributed by atoms with Crippen LogP contribution >= 0.6 is 0 Å². The number of benzene rings is 1. The molecule has 1 aromatic carbocycles. The van der Waals surface area contributed by atoms with Crippen LogP contribution < -0.4 is 10.6 Å². The number of carbonyl (C=O) groups is 1. The van der Waals surface area contributed by atoms with Crippen LogP contribution in [0.4, 0.5) is 10.5 Å². The summed E-state index contributed by atoms with van der Waals surface area (Å²) in [7, 11) is 0. The van der Waals surface area contributed by atoms with Gasteiger partial charge in [-0.3, -0.25) is 4.98 Å². The van der Waals surface area contributed by atoms with Gasteiger partial charge >= 0.3 is 6.03 Å². The van der Waals surface area contributed by atoms with Gasteiger partial charge in [0.25, 0.3) is 0 Å². The summed E-state index contributed by atoms with van der Waals surface area (Å²) in [5.41, 5.74) is 1.24. The Morgan fingerprint density at radius 2 is 1.84 bits per heavy atom. The molecule has 4 nitrogen and oxygen atoms in total. The molecule has 19 heavy (non-hydrogen) atoms. The highest BCUT2D eigenvalue weighted by Crippen LogP contribution is 2.18. The van der Waals surface area contributed by atoms with Crippen LogP contribution in [0.2, 0.25) is 0 Å². The molecule has 0 spiro atoms. The SMILES string of the molecule is CC(C)(NC(=O)Nc1ccccc1)c1cccnc1. The van der Waals surface area contributed by atoms with E-state index in [1.165, 1.54) is 0 Å². The monoisotopic (exact) mass is 255 g/mol. The van der Waals surface area contributed by atoms with Crippen molar-refractivity contribution in [2.45, 2.75) is 19.4 Å². The van der Waals surface area contributed by atoms with Crippen LogP contribution in [0, 0.1) is 0 Å². The van der Waals surface area contributed by atoms with Crippen LogP contribution in [-0.2, 0) is 5.54 Å². The van der Waals surface area contributed by atoms with Crippen molar-refractivity contribution in [1.29, 1.82) is 0 Å². The zero-order valence-corrected chi connectivity index (χ0v) is 11.1. The minimum Gasteiger partial charge on any atom is -0.329 e. The largest absolute Gasteiger partial charge is 0.329 e. The molecule has 2 aromatic rings. The molecular formula is C15H17N3O. The highest BCUT2D eigenvalue weighted by atomic mass is 16.2. The lowest BCUT2D eigenvalue weighted by atomic mass is 9.96.